The summed E-state index contributed by atoms with van der Waals surface area (Å²) in [5, 5.41) is 3.66. The third-order valence-electron chi connectivity index (χ3n) is 4.71. The van der Waals surface area contributed by atoms with E-state index in [-0.39, 0.29) is 0 Å². The monoisotopic (exact) mass is 257 g/mol. The smallest absolute Gasteiger partial charge is 0.142 e. The second kappa shape index (κ2) is 4.92. The number of ether oxygens (including phenoxy) is 1. The summed E-state index contributed by atoms with van der Waals surface area (Å²) in [6.07, 6.45) is 7.52. The number of nitrogens with one attached hydrogen (secondary N) is 1. The second-order valence-corrected chi connectivity index (χ2v) is 6.08. The molecule has 0 heterocycles. The molecule has 1 aromatic rings. The maximum atomic E-state index is 5.48. The Labute approximate surface area is 115 Å². The molecule has 0 saturated heterocycles. The molecule has 2 heteroatoms. The van der Waals surface area contributed by atoms with Gasteiger partial charge in [-0.3, -0.25) is 0 Å². The van der Waals surface area contributed by atoms with Crippen LogP contribution in [0.25, 0.3) is 0 Å². The van der Waals surface area contributed by atoms with Gasteiger partial charge in [0.25, 0.3) is 0 Å². The van der Waals surface area contributed by atoms with Crippen LogP contribution >= 0.6 is 0 Å². The molecular formula is C17H23NO. The van der Waals surface area contributed by atoms with E-state index >= 15 is 0 Å². The molecule has 2 aliphatic rings. The number of benzene rings is 1. The van der Waals surface area contributed by atoms with Crippen molar-refractivity contribution in [2.24, 2.45) is 17.8 Å². The Bertz CT molecular complexity index is 494. The molecule has 0 aromatic heterocycles. The number of hydrogen-bond acceptors (Lipinski definition) is 2. The van der Waals surface area contributed by atoms with Crippen LogP contribution in [0.2, 0.25) is 0 Å². The van der Waals surface area contributed by atoms with E-state index in [4.69, 9.17) is 4.74 Å². The van der Waals surface area contributed by atoms with Gasteiger partial charge < -0.3 is 10.1 Å². The minimum absolute atomic E-state index is 0.497. The number of hydrogen-bond donors (Lipinski definition) is 1. The van der Waals surface area contributed by atoms with Gasteiger partial charge in [-0.25, -0.2) is 0 Å². The molecule has 0 aliphatic heterocycles. The van der Waals surface area contributed by atoms with Gasteiger partial charge in [0.2, 0.25) is 0 Å². The average Bonchev–Trinajstić information content (AvgIpc) is 3.03. The third kappa shape index (κ3) is 2.36. The quantitative estimate of drug-likeness (QED) is 0.823. The van der Waals surface area contributed by atoms with Gasteiger partial charge >= 0.3 is 0 Å². The van der Waals surface area contributed by atoms with Crippen LogP contribution in [0.5, 0.6) is 5.75 Å². The number of rotatable bonds is 4. The molecule has 2 nitrogen and oxygen atoms in total. The molecule has 4 atom stereocenters. The lowest BCUT2D eigenvalue weighted by atomic mass is 9.87. The van der Waals surface area contributed by atoms with Gasteiger partial charge in [0.05, 0.1) is 12.8 Å². The lowest BCUT2D eigenvalue weighted by molar-refractivity contribution is 0.393. The summed E-state index contributed by atoms with van der Waals surface area (Å²) in [5.74, 6) is 3.33. The Morgan fingerprint density at radius 3 is 2.74 bits per heavy atom. The molecular weight excluding hydrogens is 234 g/mol. The Morgan fingerprint density at radius 2 is 2.11 bits per heavy atom. The van der Waals surface area contributed by atoms with Gasteiger partial charge in [0.15, 0.2) is 0 Å². The lowest BCUT2D eigenvalue weighted by Gasteiger charge is -2.27. The summed E-state index contributed by atoms with van der Waals surface area (Å²) in [5.41, 5.74) is 2.35. The Morgan fingerprint density at radius 1 is 1.26 bits per heavy atom. The summed E-state index contributed by atoms with van der Waals surface area (Å²) in [7, 11) is 1.74. The Hall–Kier alpha value is -1.44. The predicted molar refractivity (Wildman–Crippen MR) is 79.7 cm³/mol. The van der Waals surface area contributed by atoms with E-state index < -0.39 is 0 Å². The van der Waals surface area contributed by atoms with E-state index in [1.807, 2.05) is 0 Å². The number of methoxy groups -OCH3 is 1. The third-order valence-corrected chi connectivity index (χ3v) is 4.71. The minimum Gasteiger partial charge on any atom is -0.495 e. The van der Waals surface area contributed by atoms with E-state index in [9.17, 15) is 0 Å². The molecule has 0 spiro atoms. The summed E-state index contributed by atoms with van der Waals surface area (Å²) >= 11 is 0. The van der Waals surface area contributed by atoms with Gasteiger partial charge in [-0.05, 0) is 62.1 Å². The number of anilines is 1. The fourth-order valence-corrected chi connectivity index (χ4v) is 3.67. The summed E-state index contributed by atoms with van der Waals surface area (Å²) in [4.78, 5) is 0. The van der Waals surface area contributed by atoms with Gasteiger partial charge in [-0.2, -0.15) is 0 Å². The molecule has 102 valence electrons. The highest BCUT2D eigenvalue weighted by atomic mass is 16.5. The first-order valence-corrected chi connectivity index (χ1v) is 7.27. The van der Waals surface area contributed by atoms with Crippen molar-refractivity contribution in [1.29, 1.82) is 0 Å². The molecule has 4 unspecified atom stereocenters. The molecule has 2 aliphatic carbocycles. The maximum Gasteiger partial charge on any atom is 0.142 e. The van der Waals surface area contributed by atoms with Gasteiger partial charge in [-0.15, -0.1) is 0 Å². The van der Waals surface area contributed by atoms with Gasteiger partial charge in [-0.1, -0.05) is 18.2 Å². The van der Waals surface area contributed by atoms with Crippen molar-refractivity contribution in [3.63, 3.8) is 0 Å². The summed E-state index contributed by atoms with van der Waals surface area (Å²) < 4.78 is 5.48. The molecule has 2 bridgehead atoms. The van der Waals surface area contributed by atoms with Gasteiger partial charge in [0, 0.05) is 6.04 Å². The van der Waals surface area contributed by atoms with Crippen molar-refractivity contribution in [1.82, 2.24) is 0 Å². The van der Waals surface area contributed by atoms with Crippen LogP contribution < -0.4 is 10.1 Å². The predicted octanol–water partition coefficient (Wildman–Crippen LogP) is 4.02. The number of aryl methyl sites for hydroxylation is 1. The first-order chi connectivity index (χ1) is 9.17. The van der Waals surface area contributed by atoms with Crippen molar-refractivity contribution >= 4 is 5.69 Å². The highest BCUT2D eigenvalue weighted by molar-refractivity contribution is 5.58. The molecule has 0 amide bonds. The average molecular weight is 257 g/mol. The molecule has 1 aromatic carbocycles. The fourth-order valence-electron chi connectivity index (χ4n) is 3.67. The Kier molecular flexibility index (Phi) is 3.26. The van der Waals surface area contributed by atoms with Crippen molar-refractivity contribution in [3.05, 3.63) is 35.9 Å². The molecule has 1 N–H and O–H groups in total. The second-order valence-electron chi connectivity index (χ2n) is 6.08. The fraction of sp³-hybridized carbons (Fsp3) is 0.529. The lowest BCUT2D eigenvalue weighted by Crippen LogP contribution is -2.29. The van der Waals surface area contributed by atoms with E-state index in [1.165, 1.54) is 18.4 Å². The van der Waals surface area contributed by atoms with Crippen LogP contribution in [0.3, 0.4) is 0 Å². The van der Waals surface area contributed by atoms with Crippen LogP contribution in [0.1, 0.15) is 25.3 Å². The number of allylic oxidation sites excluding steroid dienone is 2. The van der Waals surface area contributed by atoms with E-state index in [0.29, 0.717) is 6.04 Å². The van der Waals surface area contributed by atoms with Crippen LogP contribution in [0.15, 0.2) is 30.4 Å². The van der Waals surface area contributed by atoms with E-state index in [0.717, 1.165) is 29.2 Å². The van der Waals surface area contributed by atoms with Crippen LogP contribution in [0.4, 0.5) is 5.69 Å². The molecule has 1 fully saturated rings. The first-order valence-electron chi connectivity index (χ1n) is 7.27. The topological polar surface area (TPSA) is 21.3 Å². The van der Waals surface area contributed by atoms with Crippen LogP contribution in [-0.2, 0) is 0 Å². The highest BCUT2D eigenvalue weighted by Crippen LogP contribution is 2.45. The van der Waals surface area contributed by atoms with Crippen LogP contribution in [0, 0.1) is 24.7 Å². The summed E-state index contributed by atoms with van der Waals surface area (Å²) in [6, 6.07) is 6.86. The van der Waals surface area contributed by atoms with Crippen molar-refractivity contribution < 1.29 is 4.74 Å². The van der Waals surface area contributed by atoms with Crippen molar-refractivity contribution in [2.45, 2.75) is 32.7 Å². The molecule has 19 heavy (non-hydrogen) atoms. The minimum atomic E-state index is 0.497. The Balaban J connectivity index is 1.73. The first kappa shape index (κ1) is 12.6. The molecule has 0 radical (unpaired) electrons. The highest BCUT2D eigenvalue weighted by Gasteiger charge is 2.38. The van der Waals surface area contributed by atoms with Crippen LogP contribution in [-0.4, -0.2) is 13.2 Å². The largest absolute Gasteiger partial charge is 0.495 e. The normalized spacial score (nSPS) is 29.5. The zero-order valence-corrected chi connectivity index (χ0v) is 12.0. The molecule has 1 saturated carbocycles. The van der Waals surface area contributed by atoms with E-state index in [1.54, 1.807) is 7.11 Å². The van der Waals surface area contributed by atoms with Crippen molar-refractivity contribution in [3.8, 4) is 5.75 Å². The number of fused-ring (bicyclic) bond motifs is 2. The molecule has 3 rings (SSSR count). The SMILES string of the molecule is COc1cc(C)ccc1NC(C)C1CC2C=CC1C2. The van der Waals surface area contributed by atoms with Crippen molar-refractivity contribution in [2.75, 3.05) is 12.4 Å². The zero-order chi connectivity index (χ0) is 13.4. The van der Waals surface area contributed by atoms with Gasteiger partial charge in [0.1, 0.15) is 5.75 Å². The summed E-state index contributed by atoms with van der Waals surface area (Å²) in [6.45, 7) is 4.40. The standard InChI is InChI=1S/C17H23NO/c1-11-4-7-16(17(8-11)19-3)18-12(2)15-10-13-5-6-14(15)9-13/h4-8,12-15,18H,9-10H2,1-3H3. The maximum absolute atomic E-state index is 5.48. The zero-order valence-electron chi connectivity index (χ0n) is 12.0. The van der Waals surface area contributed by atoms with E-state index in [2.05, 4.69) is 49.5 Å².